The summed E-state index contributed by atoms with van der Waals surface area (Å²) in [6.45, 7) is 4.39. The van der Waals surface area contributed by atoms with E-state index in [4.69, 9.17) is 9.72 Å². The highest BCUT2D eigenvalue weighted by atomic mass is 16.5. The second-order valence-electron chi connectivity index (χ2n) is 8.08. The highest BCUT2D eigenvalue weighted by molar-refractivity contribution is 6.02. The summed E-state index contributed by atoms with van der Waals surface area (Å²) in [6.07, 6.45) is 2.99. The summed E-state index contributed by atoms with van der Waals surface area (Å²) in [5, 5.41) is 6.11. The Morgan fingerprint density at radius 3 is 2.76 bits per heavy atom. The number of anilines is 5. The minimum absolute atomic E-state index is 0.162. The smallest absolute Gasteiger partial charge is 0.247 e. The number of amides is 1. The third-order valence-corrected chi connectivity index (χ3v) is 5.70. The highest BCUT2D eigenvalue weighted by Gasteiger charge is 2.28. The van der Waals surface area contributed by atoms with E-state index in [1.807, 2.05) is 37.2 Å². The van der Waals surface area contributed by atoms with E-state index in [0.717, 1.165) is 17.9 Å². The third kappa shape index (κ3) is 4.45. The SMILES string of the molecule is C=CC(=O)Nc1cc(Nc2nccc(C3CN(C)c4ccccc43)n2)c(OC)cc1N(C)C. The molecule has 1 aliphatic heterocycles. The highest BCUT2D eigenvalue weighted by Crippen LogP contribution is 2.40. The van der Waals surface area contributed by atoms with Gasteiger partial charge in [-0.15, -0.1) is 0 Å². The molecule has 2 aromatic carbocycles. The minimum Gasteiger partial charge on any atom is -0.494 e. The van der Waals surface area contributed by atoms with Crippen molar-refractivity contribution in [3.63, 3.8) is 0 Å². The monoisotopic (exact) mass is 444 g/mol. The topological polar surface area (TPSA) is 82.6 Å². The number of para-hydroxylation sites is 1. The van der Waals surface area contributed by atoms with Crippen LogP contribution in [0.1, 0.15) is 17.2 Å². The van der Waals surface area contributed by atoms with Gasteiger partial charge in [0.25, 0.3) is 0 Å². The Balaban J connectivity index is 1.68. The van der Waals surface area contributed by atoms with Gasteiger partial charge >= 0.3 is 0 Å². The summed E-state index contributed by atoms with van der Waals surface area (Å²) in [4.78, 5) is 25.3. The van der Waals surface area contributed by atoms with Crippen LogP contribution in [0.15, 0.2) is 61.3 Å². The number of rotatable bonds is 7. The molecule has 0 saturated carbocycles. The molecule has 2 N–H and O–H groups in total. The average Bonchev–Trinajstić information content (AvgIpc) is 3.16. The standard InChI is InChI=1S/C25H28N6O2/c1-6-24(32)27-19-13-20(23(33-5)14-22(19)30(2)3)29-25-26-12-11-18(28-25)17-15-31(4)21-10-8-7-9-16(17)21/h6-14,17H,1,15H2,2-5H3,(H,27,32)(H,26,28,29). The number of carbonyl (C=O) groups is 1. The van der Waals surface area contributed by atoms with Gasteiger partial charge < -0.3 is 25.2 Å². The molecule has 8 heteroatoms. The molecule has 3 aromatic rings. The Labute approximate surface area is 193 Å². The first kappa shape index (κ1) is 22.1. The maximum atomic E-state index is 12.0. The number of hydrogen-bond donors (Lipinski definition) is 2. The fraction of sp³-hybridized carbons (Fsp3) is 0.240. The summed E-state index contributed by atoms with van der Waals surface area (Å²) in [7, 11) is 7.49. The molecule has 1 amide bonds. The minimum atomic E-state index is -0.295. The molecule has 0 bridgehead atoms. The van der Waals surface area contributed by atoms with E-state index >= 15 is 0 Å². The zero-order valence-corrected chi connectivity index (χ0v) is 19.3. The van der Waals surface area contributed by atoms with E-state index in [1.165, 1.54) is 17.3 Å². The molecule has 0 saturated heterocycles. The molecule has 1 aromatic heterocycles. The number of hydrogen-bond acceptors (Lipinski definition) is 7. The van der Waals surface area contributed by atoms with Crippen LogP contribution in [0.25, 0.3) is 0 Å². The Morgan fingerprint density at radius 1 is 1.24 bits per heavy atom. The Hall–Kier alpha value is -4.07. The van der Waals surface area contributed by atoms with Crippen LogP contribution >= 0.6 is 0 Å². The Bertz CT molecular complexity index is 1190. The molecule has 4 rings (SSSR count). The van der Waals surface area contributed by atoms with Gasteiger partial charge in [-0.25, -0.2) is 9.97 Å². The van der Waals surface area contributed by atoms with Crippen molar-refractivity contribution in [2.45, 2.75) is 5.92 Å². The first-order valence-electron chi connectivity index (χ1n) is 10.6. The molecule has 33 heavy (non-hydrogen) atoms. The van der Waals surface area contributed by atoms with E-state index in [1.54, 1.807) is 13.3 Å². The second kappa shape index (κ2) is 9.20. The molecule has 0 fully saturated rings. The van der Waals surface area contributed by atoms with E-state index in [0.29, 0.717) is 23.1 Å². The third-order valence-electron chi connectivity index (χ3n) is 5.70. The van der Waals surface area contributed by atoms with Gasteiger partial charge in [0.05, 0.1) is 29.9 Å². The Morgan fingerprint density at radius 2 is 2.03 bits per heavy atom. The summed E-state index contributed by atoms with van der Waals surface area (Å²) in [5.74, 6) is 0.929. The van der Waals surface area contributed by atoms with Crippen LogP contribution in [0.5, 0.6) is 5.75 Å². The van der Waals surface area contributed by atoms with Gasteiger partial charge in [-0.05, 0) is 29.8 Å². The fourth-order valence-corrected chi connectivity index (χ4v) is 4.09. The molecule has 1 atom stereocenters. The molecule has 0 spiro atoms. The number of methoxy groups -OCH3 is 1. The van der Waals surface area contributed by atoms with Crippen LogP contribution in [-0.4, -0.2) is 50.7 Å². The molecular formula is C25H28N6O2. The number of likely N-dealkylation sites (N-methyl/N-ethyl adjacent to an activating group) is 1. The summed E-state index contributed by atoms with van der Waals surface area (Å²) >= 11 is 0. The van der Waals surface area contributed by atoms with Crippen molar-refractivity contribution in [3.05, 3.63) is 72.6 Å². The van der Waals surface area contributed by atoms with Gasteiger partial charge in [-0.3, -0.25) is 4.79 Å². The van der Waals surface area contributed by atoms with Gasteiger partial charge in [0.1, 0.15) is 5.75 Å². The predicted octanol–water partition coefficient (Wildman–Crippen LogP) is 4.00. The Kier molecular flexibility index (Phi) is 6.17. The lowest BCUT2D eigenvalue weighted by atomic mass is 9.98. The number of benzene rings is 2. The van der Waals surface area contributed by atoms with Crippen molar-refractivity contribution >= 4 is 34.6 Å². The summed E-state index contributed by atoms with van der Waals surface area (Å²) in [5.41, 5.74) is 5.48. The lowest BCUT2D eigenvalue weighted by Crippen LogP contribution is -2.17. The van der Waals surface area contributed by atoms with Crippen LogP contribution in [0.4, 0.5) is 28.7 Å². The van der Waals surface area contributed by atoms with Crippen LogP contribution in [-0.2, 0) is 4.79 Å². The molecule has 0 aliphatic carbocycles. The molecule has 0 radical (unpaired) electrons. The first-order valence-corrected chi connectivity index (χ1v) is 10.6. The predicted molar refractivity (Wildman–Crippen MR) is 133 cm³/mol. The fourth-order valence-electron chi connectivity index (χ4n) is 4.09. The number of ether oxygens (including phenoxy) is 1. The van der Waals surface area contributed by atoms with Gasteiger partial charge in [0.15, 0.2) is 0 Å². The molecule has 1 aliphatic rings. The van der Waals surface area contributed by atoms with Crippen LogP contribution in [0.3, 0.4) is 0 Å². The van der Waals surface area contributed by atoms with Gasteiger partial charge in [0, 0.05) is 51.6 Å². The van der Waals surface area contributed by atoms with Crippen molar-refractivity contribution in [1.82, 2.24) is 9.97 Å². The van der Waals surface area contributed by atoms with E-state index < -0.39 is 0 Å². The zero-order chi connectivity index (χ0) is 23.5. The van der Waals surface area contributed by atoms with Gasteiger partial charge in [-0.1, -0.05) is 24.8 Å². The summed E-state index contributed by atoms with van der Waals surface area (Å²) < 4.78 is 5.60. The maximum Gasteiger partial charge on any atom is 0.247 e. The maximum absolute atomic E-state index is 12.0. The van der Waals surface area contributed by atoms with E-state index in [-0.39, 0.29) is 11.8 Å². The number of nitrogens with zero attached hydrogens (tertiary/aromatic N) is 4. The lowest BCUT2D eigenvalue weighted by molar-refractivity contribution is -0.111. The van der Waals surface area contributed by atoms with E-state index in [2.05, 4.69) is 58.4 Å². The first-order chi connectivity index (χ1) is 15.9. The summed E-state index contributed by atoms with van der Waals surface area (Å²) in [6, 6.07) is 14.0. The number of aromatic nitrogens is 2. The van der Waals surface area contributed by atoms with Crippen LogP contribution < -0.4 is 25.2 Å². The number of nitrogens with one attached hydrogen (secondary N) is 2. The normalized spacial score (nSPS) is 14.4. The quantitative estimate of drug-likeness (QED) is 0.533. The molecule has 2 heterocycles. The lowest BCUT2D eigenvalue weighted by Gasteiger charge is -2.21. The second-order valence-corrected chi connectivity index (χ2v) is 8.08. The molecule has 8 nitrogen and oxygen atoms in total. The average molecular weight is 445 g/mol. The van der Waals surface area contributed by atoms with Crippen molar-refractivity contribution in [2.24, 2.45) is 0 Å². The van der Waals surface area contributed by atoms with Crippen molar-refractivity contribution in [1.29, 1.82) is 0 Å². The largest absolute Gasteiger partial charge is 0.494 e. The van der Waals surface area contributed by atoms with Crippen molar-refractivity contribution in [2.75, 3.05) is 55.2 Å². The number of fused-ring (bicyclic) bond motifs is 1. The molecular weight excluding hydrogens is 416 g/mol. The van der Waals surface area contributed by atoms with Crippen LogP contribution in [0.2, 0.25) is 0 Å². The van der Waals surface area contributed by atoms with E-state index in [9.17, 15) is 4.79 Å². The van der Waals surface area contributed by atoms with Gasteiger partial charge in [-0.2, -0.15) is 0 Å². The zero-order valence-electron chi connectivity index (χ0n) is 19.3. The van der Waals surface area contributed by atoms with Gasteiger partial charge in [0.2, 0.25) is 11.9 Å². The molecule has 1 unspecified atom stereocenters. The molecule has 170 valence electrons. The number of carbonyl (C=O) groups excluding carboxylic acids is 1. The van der Waals surface area contributed by atoms with Crippen molar-refractivity contribution < 1.29 is 9.53 Å². The van der Waals surface area contributed by atoms with Crippen molar-refractivity contribution in [3.8, 4) is 5.75 Å². The van der Waals surface area contributed by atoms with Crippen LogP contribution in [0, 0.1) is 0 Å².